The third-order valence-corrected chi connectivity index (χ3v) is 3.14. The molecule has 16 heavy (non-hydrogen) atoms. The van der Waals surface area contributed by atoms with Gasteiger partial charge in [0.05, 0.1) is 23.8 Å². The van der Waals surface area contributed by atoms with Crippen LogP contribution in [0.1, 0.15) is 17.3 Å². The minimum absolute atomic E-state index is 0.118. The van der Waals surface area contributed by atoms with Crippen LogP contribution in [0, 0.1) is 0 Å². The van der Waals surface area contributed by atoms with Gasteiger partial charge < -0.3 is 4.90 Å². The Bertz CT molecular complexity index is 558. The van der Waals surface area contributed by atoms with Crippen molar-refractivity contribution in [2.75, 3.05) is 13.1 Å². The molecule has 0 N–H and O–H groups in total. The van der Waals surface area contributed by atoms with E-state index in [4.69, 9.17) is 0 Å². The van der Waals surface area contributed by atoms with E-state index in [0.29, 0.717) is 0 Å². The van der Waals surface area contributed by atoms with Crippen molar-refractivity contribution in [2.45, 2.75) is 13.5 Å². The zero-order valence-corrected chi connectivity index (χ0v) is 9.18. The molecule has 0 bridgehead atoms. The lowest BCUT2D eigenvalue weighted by molar-refractivity contribution is 0.0766. The molecule has 82 valence electrons. The second kappa shape index (κ2) is 3.33. The minimum Gasteiger partial charge on any atom is -0.337 e. The van der Waals surface area contributed by atoms with Crippen LogP contribution < -0.4 is 0 Å². The summed E-state index contributed by atoms with van der Waals surface area (Å²) in [7, 11) is 0. The summed E-state index contributed by atoms with van der Waals surface area (Å²) in [5.41, 5.74) is 1.75. The van der Waals surface area contributed by atoms with E-state index in [2.05, 4.69) is 5.10 Å². The van der Waals surface area contributed by atoms with Gasteiger partial charge in [-0.05, 0) is 13.0 Å². The normalized spacial score (nSPS) is 15.6. The molecular formula is C12H13N3O. The number of carbonyl (C=O) groups is 1. The average Bonchev–Trinajstić information content (AvgIpc) is 2.66. The summed E-state index contributed by atoms with van der Waals surface area (Å²) in [4.78, 5) is 14.1. The molecule has 2 aromatic rings. The molecule has 0 saturated carbocycles. The molecule has 0 aliphatic carbocycles. The van der Waals surface area contributed by atoms with Gasteiger partial charge in [0.15, 0.2) is 0 Å². The first-order valence-electron chi connectivity index (χ1n) is 5.55. The summed E-state index contributed by atoms with van der Waals surface area (Å²) in [5, 5.41) is 5.37. The Morgan fingerprint density at radius 2 is 2.25 bits per heavy atom. The van der Waals surface area contributed by atoms with Crippen LogP contribution in [0.25, 0.3) is 10.9 Å². The Balaban J connectivity index is 2.28. The molecule has 1 aliphatic rings. The van der Waals surface area contributed by atoms with Crippen LogP contribution >= 0.6 is 0 Å². The van der Waals surface area contributed by atoms with E-state index in [-0.39, 0.29) is 5.91 Å². The highest BCUT2D eigenvalue weighted by atomic mass is 16.2. The van der Waals surface area contributed by atoms with Gasteiger partial charge in [-0.25, -0.2) is 0 Å². The maximum Gasteiger partial charge on any atom is 0.256 e. The average molecular weight is 215 g/mol. The van der Waals surface area contributed by atoms with Crippen LogP contribution in [0.3, 0.4) is 0 Å². The molecule has 0 atom stereocenters. The number of hydrogen-bond acceptors (Lipinski definition) is 2. The summed E-state index contributed by atoms with van der Waals surface area (Å²) in [6, 6.07) is 5.80. The zero-order valence-electron chi connectivity index (χ0n) is 9.18. The molecular weight excluding hydrogens is 202 g/mol. The topological polar surface area (TPSA) is 38.1 Å². The predicted molar refractivity (Wildman–Crippen MR) is 61.3 cm³/mol. The Labute approximate surface area is 93.5 Å². The monoisotopic (exact) mass is 215 g/mol. The quantitative estimate of drug-likeness (QED) is 0.723. The second-order valence-electron chi connectivity index (χ2n) is 4.00. The first-order valence-corrected chi connectivity index (χ1v) is 5.55. The van der Waals surface area contributed by atoms with Crippen molar-refractivity contribution in [2.24, 2.45) is 0 Å². The largest absolute Gasteiger partial charge is 0.337 e. The van der Waals surface area contributed by atoms with Crippen molar-refractivity contribution in [3.8, 4) is 0 Å². The van der Waals surface area contributed by atoms with Crippen LogP contribution in [-0.2, 0) is 6.54 Å². The van der Waals surface area contributed by atoms with E-state index >= 15 is 0 Å². The third-order valence-electron chi connectivity index (χ3n) is 3.14. The van der Waals surface area contributed by atoms with Gasteiger partial charge in [0.2, 0.25) is 0 Å². The lowest BCUT2D eigenvalue weighted by Crippen LogP contribution is -2.31. The van der Waals surface area contributed by atoms with Gasteiger partial charge in [0.25, 0.3) is 5.91 Å². The number of nitrogens with zero attached hydrogens (tertiary/aromatic N) is 3. The summed E-state index contributed by atoms with van der Waals surface area (Å²) in [5.74, 6) is 0.118. The van der Waals surface area contributed by atoms with Crippen LogP contribution in [0.2, 0.25) is 0 Å². The Morgan fingerprint density at radius 3 is 3.06 bits per heavy atom. The fourth-order valence-electron chi connectivity index (χ4n) is 2.27. The van der Waals surface area contributed by atoms with Crippen LogP contribution in [0.15, 0.2) is 24.4 Å². The minimum atomic E-state index is 0.118. The van der Waals surface area contributed by atoms with Gasteiger partial charge in [-0.3, -0.25) is 9.48 Å². The molecule has 1 amide bonds. The number of carbonyl (C=O) groups excluding carboxylic acids is 1. The van der Waals surface area contributed by atoms with Gasteiger partial charge in [0.1, 0.15) is 0 Å². The summed E-state index contributed by atoms with van der Waals surface area (Å²) < 4.78 is 1.93. The highest BCUT2D eigenvalue weighted by molar-refractivity contribution is 6.06. The molecule has 1 aromatic carbocycles. The lowest BCUT2D eigenvalue weighted by Gasteiger charge is -2.17. The molecule has 0 fully saturated rings. The van der Waals surface area contributed by atoms with Crippen molar-refractivity contribution < 1.29 is 4.79 Å². The number of para-hydroxylation sites is 1. The van der Waals surface area contributed by atoms with Gasteiger partial charge in [0, 0.05) is 18.5 Å². The number of benzene rings is 1. The van der Waals surface area contributed by atoms with E-state index in [1.165, 1.54) is 0 Å². The van der Waals surface area contributed by atoms with Gasteiger partial charge in [-0.15, -0.1) is 0 Å². The van der Waals surface area contributed by atoms with Crippen molar-refractivity contribution in [1.82, 2.24) is 14.7 Å². The molecule has 0 unspecified atom stereocenters. The molecule has 0 radical (unpaired) electrons. The third kappa shape index (κ3) is 1.16. The van der Waals surface area contributed by atoms with Gasteiger partial charge in [-0.2, -0.15) is 5.10 Å². The zero-order chi connectivity index (χ0) is 11.1. The first kappa shape index (κ1) is 9.39. The fraction of sp³-hybridized carbons (Fsp3) is 0.333. The number of aromatic nitrogens is 2. The Morgan fingerprint density at radius 1 is 1.38 bits per heavy atom. The number of hydrogen-bond donors (Lipinski definition) is 0. The van der Waals surface area contributed by atoms with Crippen LogP contribution in [-0.4, -0.2) is 33.7 Å². The SMILES string of the molecule is CCN1CCn2ncc3cccc(c32)C1=O. The highest BCUT2D eigenvalue weighted by Gasteiger charge is 2.22. The molecule has 1 aliphatic heterocycles. The Kier molecular flexibility index (Phi) is 1.96. The summed E-state index contributed by atoms with van der Waals surface area (Å²) in [6.07, 6.45) is 1.83. The van der Waals surface area contributed by atoms with Crippen LogP contribution in [0.5, 0.6) is 0 Å². The van der Waals surface area contributed by atoms with E-state index < -0.39 is 0 Å². The standard InChI is InChI=1S/C12H13N3O/c1-2-14-6-7-15-11-9(8-13-15)4-3-5-10(11)12(14)16/h3-5,8H,2,6-7H2,1H3. The highest BCUT2D eigenvalue weighted by Crippen LogP contribution is 2.22. The molecule has 0 spiro atoms. The summed E-state index contributed by atoms with van der Waals surface area (Å²) >= 11 is 0. The second-order valence-corrected chi connectivity index (χ2v) is 4.00. The fourth-order valence-corrected chi connectivity index (χ4v) is 2.27. The van der Waals surface area contributed by atoms with E-state index in [1.807, 2.05) is 40.9 Å². The molecule has 0 saturated heterocycles. The lowest BCUT2D eigenvalue weighted by atomic mass is 10.1. The summed E-state index contributed by atoms with van der Waals surface area (Å²) in [6.45, 7) is 4.27. The van der Waals surface area contributed by atoms with E-state index in [9.17, 15) is 4.79 Å². The van der Waals surface area contributed by atoms with Crippen LogP contribution in [0.4, 0.5) is 0 Å². The van der Waals surface area contributed by atoms with Gasteiger partial charge >= 0.3 is 0 Å². The number of amides is 1. The predicted octanol–water partition coefficient (Wildman–Crippen LogP) is 1.51. The maximum atomic E-state index is 12.2. The number of likely N-dealkylation sites (N-methyl/N-ethyl adjacent to an activating group) is 1. The van der Waals surface area contributed by atoms with Crippen molar-refractivity contribution in [3.05, 3.63) is 30.0 Å². The molecule has 4 heteroatoms. The molecule has 4 nitrogen and oxygen atoms in total. The molecule has 2 heterocycles. The molecule has 3 rings (SSSR count). The van der Waals surface area contributed by atoms with Gasteiger partial charge in [-0.1, -0.05) is 12.1 Å². The van der Waals surface area contributed by atoms with Crippen molar-refractivity contribution >= 4 is 16.8 Å². The smallest absolute Gasteiger partial charge is 0.256 e. The van der Waals surface area contributed by atoms with E-state index in [0.717, 1.165) is 36.1 Å². The first-order chi connectivity index (χ1) is 7.81. The number of rotatable bonds is 1. The van der Waals surface area contributed by atoms with E-state index in [1.54, 1.807) is 0 Å². The van der Waals surface area contributed by atoms with Crippen molar-refractivity contribution in [1.29, 1.82) is 0 Å². The van der Waals surface area contributed by atoms with Crippen molar-refractivity contribution in [3.63, 3.8) is 0 Å². The molecule has 1 aromatic heterocycles. The maximum absolute atomic E-state index is 12.2. The Hall–Kier alpha value is -1.84.